The third-order valence-electron chi connectivity index (χ3n) is 5.44. The Morgan fingerprint density at radius 2 is 1.85 bits per heavy atom. The maximum absolute atomic E-state index is 13.1. The molecule has 1 N–H and O–H groups in total. The summed E-state index contributed by atoms with van der Waals surface area (Å²) in [5, 5.41) is 6.52. The molecule has 3 rings (SSSR count). The molecule has 2 aromatic carbocycles. The number of hydrogen-bond acceptors (Lipinski definition) is 7. The monoisotopic (exact) mass is 520 g/mol. The first-order chi connectivity index (χ1) is 16.4. The molecule has 0 aliphatic heterocycles. The average molecular weight is 521 g/mol. The molecular weight excluding hydrogens is 495 g/mol. The smallest absolute Gasteiger partial charge is 0.318 e. The molecule has 3 aromatic rings. The van der Waals surface area contributed by atoms with E-state index in [9.17, 15) is 9.59 Å². The number of thiazole rings is 1. The minimum atomic E-state index is -1.07. The standard InChI is InChI=1S/C25H26Cl2N2O4S/c1-3-25(23(31)32-4-2,13-12-22(30)33-15-17-8-6-5-7-9-17)21-16-34-24(29-21)28-20-11-10-18(26)14-19(20)27/h5-11,14,16H,3-4,12-13,15H2,1-2H3,(H,28,29)/t25-/m1/s1. The number of aromatic nitrogens is 1. The van der Waals surface area contributed by atoms with E-state index in [1.807, 2.05) is 42.6 Å². The van der Waals surface area contributed by atoms with Gasteiger partial charge in [0.15, 0.2) is 5.13 Å². The van der Waals surface area contributed by atoms with Crippen molar-refractivity contribution in [3.63, 3.8) is 0 Å². The quantitative estimate of drug-likeness (QED) is 0.276. The molecule has 0 radical (unpaired) electrons. The van der Waals surface area contributed by atoms with Gasteiger partial charge in [-0.15, -0.1) is 11.3 Å². The van der Waals surface area contributed by atoms with Crippen molar-refractivity contribution < 1.29 is 19.1 Å². The Balaban J connectivity index is 1.75. The zero-order chi connectivity index (χ0) is 24.6. The summed E-state index contributed by atoms with van der Waals surface area (Å²) in [5.74, 6) is -0.790. The number of esters is 2. The molecule has 0 aliphatic rings. The molecular formula is C25H26Cl2N2O4S. The second kappa shape index (κ2) is 12.2. The molecule has 0 aliphatic carbocycles. The fraction of sp³-hybridized carbons (Fsp3) is 0.320. The highest BCUT2D eigenvalue weighted by Crippen LogP contribution is 2.38. The summed E-state index contributed by atoms with van der Waals surface area (Å²) in [6.45, 7) is 4.05. The molecule has 180 valence electrons. The molecule has 0 saturated carbocycles. The van der Waals surface area contributed by atoms with E-state index in [4.69, 9.17) is 32.7 Å². The highest BCUT2D eigenvalue weighted by atomic mass is 35.5. The number of benzene rings is 2. The van der Waals surface area contributed by atoms with E-state index < -0.39 is 11.4 Å². The molecule has 0 amide bonds. The van der Waals surface area contributed by atoms with Crippen LogP contribution in [0.2, 0.25) is 10.0 Å². The molecule has 0 fully saturated rings. The van der Waals surface area contributed by atoms with Crippen LogP contribution in [0.5, 0.6) is 0 Å². The molecule has 0 spiro atoms. The Bertz CT molecular complexity index is 1120. The van der Waals surface area contributed by atoms with Crippen LogP contribution in [0.25, 0.3) is 0 Å². The van der Waals surface area contributed by atoms with Crippen LogP contribution in [-0.4, -0.2) is 23.5 Å². The summed E-state index contributed by atoms with van der Waals surface area (Å²) in [4.78, 5) is 30.2. The number of rotatable bonds is 11. The van der Waals surface area contributed by atoms with E-state index in [0.717, 1.165) is 5.56 Å². The lowest BCUT2D eigenvalue weighted by molar-refractivity contribution is -0.152. The lowest BCUT2D eigenvalue weighted by Gasteiger charge is -2.28. The van der Waals surface area contributed by atoms with Crippen LogP contribution >= 0.6 is 34.5 Å². The summed E-state index contributed by atoms with van der Waals surface area (Å²) in [6, 6.07) is 14.6. The van der Waals surface area contributed by atoms with E-state index >= 15 is 0 Å². The molecule has 1 heterocycles. The molecule has 0 bridgehead atoms. The lowest BCUT2D eigenvalue weighted by atomic mass is 9.78. The van der Waals surface area contributed by atoms with E-state index in [0.29, 0.717) is 33.0 Å². The minimum absolute atomic E-state index is 0.0583. The first-order valence-corrected chi connectivity index (χ1v) is 12.6. The number of carbonyl (C=O) groups is 2. The van der Waals surface area contributed by atoms with Crippen molar-refractivity contribution in [2.45, 2.75) is 45.1 Å². The van der Waals surface area contributed by atoms with Crippen molar-refractivity contribution in [1.29, 1.82) is 0 Å². The maximum Gasteiger partial charge on any atom is 0.318 e. The van der Waals surface area contributed by atoms with Crippen LogP contribution in [0.3, 0.4) is 0 Å². The molecule has 6 nitrogen and oxygen atoms in total. The Labute approximate surface area is 213 Å². The summed E-state index contributed by atoms with van der Waals surface area (Å²) < 4.78 is 10.8. The van der Waals surface area contributed by atoms with Crippen molar-refractivity contribution >= 4 is 57.3 Å². The first kappa shape index (κ1) is 26.0. The van der Waals surface area contributed by atoms with Gasteiger partial charge in [-0.2, -0.15) is 0 Å². The highest BCUT2D eigenvalue weighted by Gasteiger charge is 2.42. The third kappa shape index (κ3) is 6.50. The molecule has 1 atom stereocenters. The predicted molar refractivity (Wildman–Crippen MR) is 136 cm³/mol. The third-order valence-corrected chi connectivity index (χ3v) is 6.74. The summed E-state index contributed by atoms with van der Waals surface area (Å²) in [5.41, 5.74) is 1.03. The zero-order valence-electron chi connectivity index (χ0n) is 19.0. The Kier molecular flexibility index (Phi) is 9.33. The molecule has 0 saturated heterocycles. The second-order valence-corrected chi connectivity index (χ2v) is 9.29. The van der Waals surface area contributed by atoms with Crippen molar-refractivity contribution in [3.05, 3.63) is 75.2 Å². The van der Waals surface area contributed by atoms with Gasteiger partial charge in [-0.3, -0.25) is 9.59 Å². The van der Waals surface area contributed by atoms with E-state index in [-0.39, 0.29) is 32.0 Å². The van der Waals surface area contributed by atoms with Gasteiger partial charge in [0.25, 0.3) is 0 Å². The number of halogens is 2. The van der Waals surface area contributed by atoms with Gasteiger partial charge in [0.05, 0.1) is 23.0 Å². The molecule has 9 heteroatoms. The number of anilines is 2. The van der Waals surface area contributed by atoms with E-state index in [2.05, 4.69) is 10.3 Å². The highest BCUT2D eigenvalue weighted by molar-refractivity contribution is 7.13. The van der Waals surface area contributed by atoms with Crippen molar-refractivity contribution in [3.8, 4) is 0 Å². The van der Waals surface area contributed by atoms with Crippen LogP contribution in [0.15, 0.2) is 53.9 Å². The molecule has 0 unspecified atom stereocenters. The normalized spacial score (nSPS) is 12.6. The van der Waals surface area contributed by atoms with Crippen molar-refractivity contribution in [2.75, 3.05) is 11.9 Å². The van der Waals surface area contributed by atoms with Gasteiger partial charge in [0.1, 0.15) is 12.0 Å². The number of nitrogens with zero attached hydrogens (tertiary/aromatic N) is 1. The SMILES string of the molecule is CCOC(=O)[C@](CC)(CCC(=O)OCc1ccccc1)c1csc(Nc2ccc(Cl)cc2Cl)n1. The fourth-order valence-corrected chi connectivity index (χ4v) is 4.77. The summed E-state index contributed by atoms with van der Waals surface area (Å²) in [6.07, 6.45) is 0.701. The maximum atomic E-state index is 13.1. The van der Waals surface area contributed by atoms with Crippen molar-refractivity contribution in [2.24, 2.45) is 0 Å². The number of hydrogen-bond donors (Lipinski definition) is 1. The average Bonchev–Trinajstić information content (AvgIpc) is 3.30. The van der Waals surface area contributed by atoms with Crippen LogP contribution in [0.4, 0.5) is 10.8 Å². The predicted octanol–water partition coefficient (Wildman–Crippen LogP) is 6.93. The Morgan fingerprint density at radius 1 is 1.09 bits per heavy atom. The van der Waals surface area contributed by atoms with Crippen LogP contribution in [-0.2, 0) is 31.1 Å². The minimum Gasteiger partial charge on any atom is -0.465 e. The largest absolute Gasteiger partial charge is 0.465 e. The van der Waals surface area contributed by atoms with Crippen LogP contribution in [0.1, 0.15) is 44.4 Å². The van der Waals surface area contributed by atoms with Gasteiger partial charge in [-0.1, -0.05) is 60.5 Å². The number of carbonyl (C=O) groups excluding carboxylic acids is 2. The van der Waals surface area contributed by atoms with Gasteiger partial charge >= 0.3 is 11.9 Å². The van der Waals surface area contributed by atoms with E-state index in [1.54, 1.807) is 25.1 Å². The molecule has 1 aromatic heterocycles. The second-order valence-electron chi connectivity index (χ2n) is 7.59. The molecule has 34 heavy (non-hydrogen) atoms. The van der Waals surface area contributed by atoms with Gasteiger partial charge in [0.2, 0.25) is 0 Å². The summed E-state index contributed by atoms with van der Waals surface area (Å²) >= 11 is 13.6. The topological polar surface area (TPSA) is 77.5 Å². The van der Waals surface area contributed by atoms with Gasteiger partial charge in [-0.25, -0.2) is 4.98 Å². The van der Waals surface area contributed by atoms with E-state index in [1.165, 1.54) is 11.3 Å². The first-order valence-electron chi connectivity index (χ1n) is 10.9. The number of ether oxygens (including phenoxy) is 2. The fourth-order valence-electron chi connectivity index (χ4n) is 3.49. The zero-order valence-corrected chi connectivity index (χ0v) is 21.3. The van der Waals surface area contributed by atoms with Gasteiger partial charge in [-0.05, 0) is 43.5 Å². The van der Waals surface area contributed by atoms with Crippen molar-refractivity contribution in [1.82, 2.24) is 4.98 Å². The lowest BCUT2D eigenvalue weighted by Crippen LogP contribution is -2.38. The number of nitrogens with one attached hydrogen (secondary N) is 1. The van der Waals surface area contributed by atoms with Crippen LogP contribution in [0, 0.1) is 0 Å². The van der Waals surface area contributed by atoms with Crippen LogP contribution < -0.4 is 5.32 Å². The summed E-state index contributed by atoms with van der Waals surface area (Å²) in [7, 11) is 0. The van der Waals surface area contributed by atoms with Gasteiger partial charge < -0.3 is 14.8 Å². The Morgan fingerprint density at radius 3 is 2.53 bits per heavy atom. The van der Waals surface area contributed by atoms with Gasteiger partial charge in [0, 0.05) is 16.8 Å². The Hall–Kier alpha value is -2.61.